The molecule has 1 fully saturated rings. The molecule has 0 radical (unpaired) electrons. The van der Waals surface area contributed by atoms with Gasteiger partial charge >= 0.3 is 0 Å². The maximum Gasteiger partial charge on any atom is 0.252 e. The fraction of sp³-hybridized carbons (Fsp3) is 0.625. The highest BCUT2D eigenvalue weighted by atomic mass is 16.1. The van der Waals surface area contributed by atoms with Crippen LogP contribution in [-0.2, 0) is 12.8 Å². The first-order chi connectivity index (χ1) is 10.1. The van der Waals surface area contributed by atoms with E-state index >= 15 is 0 Å². The number of piperidine rings is 1. The van der Waals surface area contributed by atoms with E-state index in [1.54, 1.807) is 0 Å². The Balaban J connectivity index is 1.90. The van der Waals surface area contributed by atoms with E-state index in [1.165, 1.54) is 18.4 Å². The molecule has 2 heterocycles. The lowest BCUT2D eigenvalue weighted by atomic mass is 9.94. The minimum atomic E-state index is -0.394. The van der Waals surface area contributed by atoms with Crippen molar-refractivity contribution in [1.82, 2.24) is 10.3 Å². The quantitative estimate of drug-likeness (QED) is 0.789. The number of hydrogen-bond acceptors (Lipinski definition) is 4. The Morgan fingerprint density at radius 3 is 2.95 bits per heavy atom. The summed E-state index contributed by atoms with van der Waals surface area (Å²) in [5, 5.41) is 6.91. The predicted octanol–water partition coefficient (Wildman–Crippen LogP) is 1.61. The molecule has 5 nitrogen and oxygen atoms in total. The zero-order chi connectivity index (χ0) is 14.8. The highest BCUT2D eigenvalue weighted by molar-refractivity contribution is 5.97. The molecule has 1 aromatic rings. The normalized spacial score (nSPS) is 25.2. The molecule has 3 rings (SSSR count). The van der Waals surface area contributed by atoms with Crippen LogP contribution in [0.2, 0.25) is 0 Å². The zero-order valence-electron chi connectivity index (χ0n) is 12.6. The van der Waals surface area contributed by atoms with E-state index in [4.69, 9.17) is 10.7 Å². The van der Waals surface area contributed by atoms with Crippen molar-refractivity contribution in [1.29, 1.82) is 0 Å². The van der Waals surface area contributed by atoms with Gasteiger partial charge < -0.3 is 16.4 Å². The third-order valence-corrected chi connectivity index (χ3v) is 4.65. The van der Waals surface area contributed by atoms with Crippen molar-refractivity contribution in [2.75, 3.05) is 11.9 Å². The minimum Gasteiger partial charge on any atom is -0.365 e. The van der Waals surface area contributed by atoms with Gasteiger partial charge in [0, 0.05) is 17.8 Å². The number of carbonyl (C=O) groups excluding carboxylic acids is 1. The Kier molecular flexibility index (Phi) is 4.10. The van der Waals surface area contributed by atoms with E-state index in [2.05, 4.69) is 17.6 Å². The molecule has 0 spiro atoms. The van der Waals surface area contributed by atoms with E-state index in [0.29, 0.717) is 23.5 Å². The number of primary amides is 1. The molecule has 0 bridgehead atoms. The first-order valence-electron chi connectivity index (χ1n) is 7.97. The van der Waals surface area contributed by atoms with Crippen molar-refractivity contribution in [3.63, 3.8) is 0 Å². The van der Waals surface area contributed by atoms with Crippen molar-refractivity contribution >= 4 is 11.7 Å². The topological polar surface area (TPSA) is 80.0 Å². The van der Waals surface area contributed by atoms with Gasteiger partial charge in [0.25, 0.3) is 5.91 Å². The summed E-state index contributed by atoms with van der Waals surface area (Å²) < 4.78 is 0. The molecule has 0 aromatic carbocycles. The maximum atomic E-state index is 11.8. The van der Waals surface area contributed by atoms with Crippen molar-refractivity contribution in [2.24, 2.45) is 5.73 Å². The Morgan fingerprint density at radius 1 is 1.38 bits per heavy atom. The van der Waals surface area contributed by atoms with Gasteiger partial charge in [-0.3, -0.25) is 4.79 Å². The second-order valence-electron chi connectivity index (χ2n) is 6.20. The highest BCUT2D eigenvalue weighted by Crippen LogP contribution is 2.26. The molecule has 2 unspecified atom stereocenters. The number of carbonyl (C=O) groups is 1. The van der Waals surface area contributed by atoms with Gasteiger partial charge in [-0.2, -0.15) is 0 Å². The number of nitrogens with one attached hydrogen (secondary N) is 2. The summed E-state index contributed by atoms with van der Waals surface area (Å²) in [6, 6.07) is 2.62. The van der Waals surface area contributed by atoms with Crippen LogP contribution in [0.15, 0.2) is 6.07 Å². The Hall–Kier alpha value is -1.62. The maximum absolute atomic E-state index is 11.8. The minimum absolute atomic E-state index is 0.297. The largest absolute Gasteiger partial charge is 0.365 e. The fourth-order valence-electron chi connectivity index (χ4n) is 3.35. The molecule has 1 saturated heterocycles. The number of hydrogen-bond donors (Lipinski definition) is 3. The highest BCUT2D eigenvalue weighted by Gasteiger charge is 2.24. The van der Waals surface area contributed by atoms with Crippen LogP contribution in [0.1, 0.15) is 54.2 Å². The smallest absolute Gasteiger partial charge is 0.252 e. The lowest BCUT2D eigenvalue weighted by molar-refractivity contribution is 0.100. The Bertz CT molecular complexity index is 543. The summed E-state index contributed by atoms with van der Waals surface area (Å²) in [4.78, 5) is 16.5. The summed E-state index contributed by atoms with van der Waals surface area (Å²) in [5.41, 5.74) is 8.41. The molecule has 1 aliphatic heterocycles. The number of aryl methyl sites for hydroxylation is 2. The molecule has 4 N–H and O–H groups in total. The van der Waals surface area contributed by atoms with Crippen molar-refractivity contribution in [2.45, 2.75) is 57.5 Å². The second-order valence-corrected chi connectivity index (χ2v) is 6.20. The van der Waals surface area contributed by atoms with Crippen molar-refractivity contribution in [3.05, 3.63) is 22.9 Å². The third-order valence-electron chi connectivity index (χ3n) is 4.65. The summed E-state index contributed by atoms with van der Waals surface area (Å²) >= 11 is 0. The predicted molar refractivity (Wildman–Crippen MR) is 83.5 cm³/mol. The van der Waals surface area contributed by atoms with Crippen LogP contribution in [0.5, 0.6) is 0 Å². The molecule has 2 aliphatic rings. The van der Waals surface area contributed by atoms with Crippen LogP contribution < -0.4 is 16.4 Å². The van der Waals surface area contributed by atoms with Crippen molar-refractivity contribution in [3.8, 4) is 0 Å². The molecule has 1 aliphatic carbocycles. The number of aromatic nitrogens is 1. The number of rotatable bonds is 3. The van der Waals surface area contributed by atoms with Crippen LogP contribution in [0.25, 0.3) is 0 Å². The van der Waals surface area contributed by atoms with Gasteiger partial charge in [0.2, 0.25) is 0 Å². The molecular weight excluding hydrogens is 264 g/mol. The lowest BCUT2D eigenvalue weighted by Gasteiger charge is -2.32. The SMILES string of the molecule is CC1NCCCC1Nc1nc2c(cc1C(N)=O)CCCC2. The number of fused-ring (bicyclic) bond motifs is 1. The number of nitrogens with two attached hydrogens (primary N) is 1. The first kappa shape index (κ1) is 14.3. The number of anilines is 1. The van der Waals surface area contributed by atoms with Crippen LogP contribution in [0.3, 0.4) is 0 Å². The van der Waals surface area contributed by atoms with Crippen LogP contribution >= 0.6 is 0 Å². The molecule has 114 valence electrons. The van der Waals surface area contributed by atoms with Gasteiger partial charge in [-0.05, 0) is 63.6 Å². The van der Waals surface area contributed by atoms with Gasteiger partial charge in [-0.1, -0.05) is 0 Å². The first-order valence-corrected chi connectivity index (χ1v) is 7.97. The van der Waals surface area contributed by atoms with Crippen LogP contribution in [-0.4, -0.2) is 29.5 Å². The van der Waals surface area contributed by atoms with E-state index in [-0.39, 0.29) is 0 Å². The Labute approximate surface area is 125 Å². The van der Waals surface area contributed by atoms with E-state index in [0.717, 1.165) is 37.9 Å². The van der Waals surface area contributed by atoms with E-state index in [1.807, 2.05) is 6.07 Å². The zero-order valence-corrected chi connectivity index (χ0v) is 12.6. The molecule has 1 aromatic heterocycles. The lowest BCUT2D eigenvalue weighted by Crippen LogP contribution is -2.47. The standard InChI is InChI=1S/C16H24N4O/c1-10-13(7-4-8-18-10)19-16-12(15(17)21)9-11-5-2-3-6-14(11)20-16/h9-10,13,18H,2-8H2,1H3,(H2,17,21)(H,19,20). The second kappa shape index (κ2) is 6.02. The molecule has 5 heteroatoms. The fourth-order valence-corrected chi connectivity index (χ4v) is 3.35. The van der Waals surface area contributed by atoms with E-state index < -0.39 is 5.91 Å². The monoisotopic (exact) mass is 288 g/mol. The van der Waals surface area contributed by atoms with Crippen LogP contribution in [0.4, 0.5) is 5.82 Å². The van der Waals surface area contributed by atoms with Gasteiger partial charge in [-0.25, -0.2) is 4.98 Å². The Morgan fingerprint density at radius 2 is 2.19 bits per heavy atom. The average molecular weight is 288 g/mol. The van der Waals surface area contributed by atoms with Gasteiger partial charge in [0.15, 0.2) is 0 Å². The number of amides is 1. The number of pyridine rings is 1. The molecular formula is C16H24N4O. The molecule has 2 atom stereocenters. The third kappa shape index (κ3) is 3.02. The molecule has 0 saturated carbocycles. The molecule has 1 amide bonds. The summed E-state index contributed by atoms with van der Waals surface area (Å²) in [6.45, 7) is 3.22. The summed E-state index contributed by atoms with van der Waals surface area (Å²) in [7, 11) is 0. The number of nitrogens with zero attached hydrogens (tertiary/aromatic N) is 1. The molecule has 21 heavy (non-hydrogen) atoms. The summed E-state index contributed by atoms with van der Waals surface area (Å²) in [5.74, 6) is 0.276. The van der Waals surface area contributed by atoms with Gasteiger partial charge in [-0.15, -0.1) is 0 Å². The van der Waals surface area contributed by atoms with Gasteiger partial charge in [0.05, 0.1) is 5.56 Å². The van der Waals surface area contributed by atoms with Gasteiger partial charge in [0.1, 0.15) is 5.82 Å². The van der Waals surface area contributed by atoms with Crippen molar-refractivity contribution < 1.29 is 4.79 Å². The van der Waals surface area contributed by atoms with Crippen LogP contribution in [0, 0.1) is 0 Å². The summed E-state index contributed by atoms with van der Waals surface area (Å²) in [6.07, 6.45) is 6.58. The van der Waals surface area contributed by atoms with E-state index in [9.17, 15) is 4.79 Å². The average Bonchev–Trinajstić information content (AvgIpc) is 2.48.